The molecule has 30 heavy (non-hydrogen) atoms. The number of thiophene rings is 1. The van der Waals surface area contributed by atoms with Crippen molar-refractivity contribution >= 4 is 17.2 Å². The highest BCUT2D eigenvalue weighted by Gasteiger charge is 2.32. The molecule has 1 N–H and O–H groups in total. The molecule has 0 atom stereocenters. The van der Waals surface area contributed by atoms with Crippen LogP contribution in [0.1, 0.15) is 43.7 Å². The van der Waals surface area contributed by atoms with Crippen molar-refractivity contribution in [3.8, 4) is 10.7 Å². The number of aromatic nitrogens is 2. The second kappa shape index (κ2) is 8.99. The van der Waals surface area contributed by atoms with Gasteiger partial charge in [-0.1, -0.05) is 43.3 Å². The maximum absolute atomic E-state index is 12.9. The molecule has 9 heteroatoms. The summed E-state index contributed by atoms with van der Waals surface area (Å²) in [6, 6.07) is 9.01. The number of alkyl halides is 3. The summed E-state index contributed by atoms with van der Waals surface area (Å²) in [4.78, 5) is 17.4. The van der Waals surface area contributed by atoms with Crippen molar-refractivity contribution in [2.24, 2.45) is 0 Å². The van der Waals surface area contributed by atoms with E-state index in [-0.39, 0.29) is 18.9 Å². The third-order valence-corrected chi connectivity index (χ3v) is 5.57. The Kier molecular flexibility index (Phi) is 6.60. The summed E-state index contributed by atoms with van der Waals surface area (Å²) in [7, 11) is 0. The molecule has 0 aliphatic carbocycles. The summed E-state index contributed by atoms with van der Waals surface area (Å²) in [5, 5.41) is 8.66. The molecule has 1 amide bonds. The molecule has 0 fully saturated rings. The number of hydrogen-bond acceptors (Lipinski definition) is 5. The van der Waals surface area contributed by atoms with E-state index in [1.807, 2.05) is 17.5 Å². The average Bonchev–Trinajstić information content (AvgIpc) is 3.38. The quantitative estimate of drug-likeness (QED) is 0.524. The fourth-order valence-corrected chi connectivity index (χ4v) is 3.54. The average molecular weight is 437 g/mol. The monoisotopic (exact) mass is 437 g/mol. The summed E-state index contributed by atoms with van der Waals surface area (Å²) in [6.45, 7) is 3.83. The van der Waals surface area contributed by atoms with E-state index in [1.165, 1.54) is 17.4 Å². The Morgan fingerprint density at radius 1 is 1.17 bits per heavy atom. The summed E-state index contributed by atoms with van der Waals surface area (Å²) in [6.07, 6.45) is -3.13. The smallest absolute Gasteiger partial charge is 0.355 e. The molecule has 5 nitrogen and oxygen atoms in total. The number of halogens is 3. The number of carbonyl (C=O) groups excluding carboxylic acids is 1. The van der Waals surface area contributed by atoms with Gasteiger partial charge in [0.1, 0.15) is 0 Å². The molecule has 0 bridgehead atoms. The van der Waals surface area contributed by atoms with Gasteiger partial charge in [0.05, 0.1) is 10.4 Å². The van der Waals surface area contributed by atoms with Crippen LogP contribution < -0.4 is 5.32 Å². The van der Waals surface area contributed by atoms with Crippen LogP contribution in [0.3, 0.4) is 0 Å². The Hall–Kier alpha value is -2.68. The molecule has 2 aromatic heterocycles. The molecule has 0 aliphatic heterocycles. The van der Waals surface area contributed by atoms with Crippen molar-refractivity contribution in [1.82, 2.24) is 15.5 Å². The lowest BCUT2D eigenvalue weighted by Crippen LogP contribution is -2.36. The Bertz CT molecular complexity index is 982. The number of hydrogen-bond donors (Lipinski definition) is 1. The van der Waals surface area contributed by atoms with E-state index >= 15 is 0 Å². The number of aryl methyl sites for hydroxylation is 1. The van der Waals surface area contributed by atoms with Crippen molar-refractivity contribution in [2.75, 3.05) is 6.54 Å². The molecule has 160 valence electrons. The Balaban J connectivity index is 1.47. The van der Waals surface area contributed by atoms with Gasteiger partial charge in [0.15, 0.2) is 0 Å². The van der Waals surface area contributed by atoms with Gasteiger partial charge < -0.3 is 9.84 Å². The van der Waals surface area contributed by atoms with Crippen LogP contribution in [0.25, 0.3) is 10.7 Å². The topological polar surface area (TPSA) is 68.0 Å². The molecular formula is C21H22F3N3O2S. The predicted octanol–water partition coefficient (Wildman–Crippen LogP) is 5.23. The first kappa shape index (κ1) is 22.0. The zero-order chi connectivity index (χ0) is 21.8. The summed E-state index contributed by atoms with van der Waals surface area (Å²) in [5.41, 5.74) is -0.815. The first-order chi connectivity index (χ1) is 14.1. The van der Waals surface area contributed by atoms with Crippen molar-refractivity contribution in [3.05, 3.63) is 58.8 Å². The SMILES string of the molecule is CC(C)(CNC(=O)CCCc1nc(-c2cccs2)no1)c1cccc(C(F)(F)F)c1. The van der Waals surface area contributed by atoms with Crippen molar-refractivity contribution in [3.63, 3.8) is 0 Å². The molecule has 3 aromatic rings. The Morgan fingerprint density at radius 3 is 2.63 bits per heavy atom. The molecule has 2 heterocycles. The molecule has 0 spiro atoms. The van der Waals surface area contributed by atoms with Gasteiger partial charge in [-0.3, -0.25) is 4.79 Å². The molecule has 0 radical (unpaired) electrons. The van der Waals surface area contributed by atoms with Crippen LogP contribution in [0.4, 0.5) is 13.2 Å². The maximum Gasteiger partial charge on any atom is 0.416 e. The van der Waals surface area contributed by atoms with Gasteiger partial charge in [0.2, 0.25) is 17.6 Å². The summed E-state index contributed by atoms with van der Waals surface area (Å²) in [5.74, 6) is 0.829. The van der Waals surface area contributed by atoms with Crippen molar-refractivity contribution in [2.45, 2.75) is 44.7 Å². The highest BCUT2D eigenvalue weighted by Crippen LogP contribution is 2.32. The number of carbonyl (C=O) groups is 1. The maximum atomic E-state index is 12.9. The minimum absolute atomic E-state index is 0.173. The Morgan fingerprint density at radius 2 is 1.93 bits per heavy atom. The van der Waals surface area contributed by atoms with Crippen LogP contribution in [0.5, 0.6) is 0 Å². The number of rotatable bonds is 8. The largest absolute Gasteiger partial charge is 0.416 e. The van der Waals surface area contributed by atoms with Crippen molar-refractivity contribution in [1.29, 1.82) is 0 Å². The van der Waals surface area contributed by atoms with E-state index in [0.29, 0.717) is 30.1 Å². The molecule has 1 aromatic carbocycles. The zero-order valence-electron chi connectivity index (χ0n) is 16.6. The minimum Gasteiger partial charge on any atom is -0.355 e. The summed E-state index contributed by atoms with van der Waals surface area (Å²) >= 11 is 1.52. The highest BCUT2D eigenvalue weighted by molar-refractivity contribution is 7.13. The number of amides is 1. The molecule has 0 saturated carbocycles. The van der Waals surface area contributed by atoms with Crippen LogP contribution in [-0.4, -0.2) is 22.6 Å². The lowest BCUT2D eigenvalue weighted by Gasteiger charge is -2.26. The van der Waals surface area contributed by atoms with E-state index < -0.39 is 17.2 Å². The number of nitrogens with zero attached hydrogens (tertiary/aromatic N) is 2. The standard InChI is InChI=1S/C21H22F3N3O2S/c1-20(2,14-6-3-7-15(12-14)21(22,23)24)13-25-17(28)9-4-10-18-26-19(27-29-18)16-8-5-11-30-16/h3,5-8,11-12H,4,9-10,13H2,1-2H3,(H,25,28). The summed E-state index contributed by atoms with van der Waals surface area (Å²) < 4.78 is 44.0. The van der Waals surface area contributed by atoms with Crippen LogP contribution in [0.2, 0.25) is 0 Å². The predicted molar refractivity (Wildman–Crippen MR) is 108 cm³/mol. The number of benzene rings is 1. The van der Waals surface area contributed by atoms with Gasteiger partial charge in [-0.05, 0) is 29.5 Å². The first-order valence-corrected chi connectivity index (χ1v) is 10.3. The third-order valence-electron chi connectivity index (χ3n) is 4.70. The third kappa shape index (κ3) is 5.69. The first-order valence-electron chi connectivity index (χ1n) is 9.46. The molecular weight excluding hydrogens is 415 g/mol. The fraction of sp³-hybridized carbons (Fsp3) is 0.381. The van der Waals surface area contributed by atoms with Crippen LogP contribution >= 0.6 is 11.3 Å². The minimum atomic E-state index is -4.40. The lowest BCUT2D eigenvalue weighted by molar-refractivity contribution is -0.137. The van der Waals surface area contributed by atoms with E-state index in [1.54, 1.807) is 19.9 Å². The van der Waals surface area contributed by atoms with Gasteiger partial charge in [0.25, 0.3) is 0 Å². The Labute approximate surface area is 176 Å². The van der Waals surface area contributed by atoms with Crippen LogP contribution in [0, 0.1) is 0 Å². The van der Waals surface area contributed by atoms with E-state index in [4.69, 9.17) is 4.52 Å². The van der Waals surface area contributed by atoms with Crippen LogP contribution in [0.15, 0.2) is 46.3 Å². The van der Waals surface area contributed by atoms with Gasteiger partial charge in [-0.25, -0.2) is 0 Å². The van der Waals surface area contributed by atoms with Gasteiger partial charge in [-0.2, -0.15) is 18.2 Å². The second-order valence-electron chi connectivity index (χ2n) is 7.58. The molecule has 0 unspecified atom stereocenters. The zero-order valence-corrected chi connectivity index (χ0v) is 17.4. The van der Waals surface area contributed by atoms with E-state index in [9.17, 15) is 18.0 Å². The normalized spacial score (nSPS) is 12.2. The lowest BCUT2D eigenvalue weighted by atomic mass is 9.83. The molecule has 0 aliphatic rings. The fourth-order valence-electron chi connectivity index (χ4n) is 2.89. The highest BCUT2D eigenvalue weighted by atomic mass is 32.1. The van der Waals surface area contributed by atoms with Gasteiger partial charge >= 0.3 is 6.18 Å². The van der Waals surface area contributed by atoms with E-state index in [2.05, 4.69) is 15.5 Å². The van der Waals surface area contributed by atoms with Gasteiger partial charge in [0, 0.05) is 24.8 Å². The molecule has 0 saturated heterocycles. The van der Waals surface area contributed by atoms with Gasteiger partial charge in [-0.15, -0.1) is 11.3 Å². The second-order valence-corrected chi connectivity index (χ2v) is 8.53. The number of nitrogens with one attached hydrogen (secondary N) is 1. The van der Waals surface area contributed by atoms with E-state index in [0.717, 1.165) is 17.0 Å². The van der Waals surface area contributed by atoms with Crippen LogP contribution in [-0.2, 0) is 22.8 Å². The van der Waals surface area contributed by atoms with Crippen molar-refractivity contribution < 1.29 is 22.5 Å². The molecule has 3 rings (SSSR count).